The number of rotatable bonds is 3. The van der Waals surface area contributed by atoms with Crippen molar-refractivity contribution in [3.05, 3.63) is 0 Å². The fourth-order valence-corrected chi connectivity index (χ4v) is 5.63. The normalized spacial score (nSPS) is 26.8. The lowest BCUT2D eigenvalue weighted by atomic mass is 9.85. The number of likely N-dealkylation sites (tertiary alicyclic amines) is 3. The van der Waals surface area contributed by atoms with Crippen LogP contribution in [0.25, 0.3) is 0 Å². The zero-order chi connectivity index (χ0) is 29.6. The third-order valence-corrected chi connectivity index (χ3v) is 9.06. The molecule has 0 saturated carbocycles. The Hall–Kier alpha value is -0.790. The van der Waals surface area contributed by atoms with Crippen molar-refractivity contribution in [1.82, 2.24) is 14.7 Å². The van der Waals surface area contributed by atoms with Crippen LogP contribution < -0.4 is 0 Å². The second kappa shape index (κ2) is 19.4. The summed E-state index contributed by atoms with van der Waals surface area (Å²) in [7, 11) is 0. The van der Waals surface area contributed by atoms with Gasteiger partial charge in [0.1, 0.15) is 23.3 Å². The number of carbonyl (C=O) groups is 3. The molecule has 3 aliphatic heterocycles. The van der Waals surface area contributed by atoms with Crippen molar-refractivity contribution in [2.24, 2.45) is 17.3 Å². The first-order valence-electron chi connectivity index (χ1n) is 14.5. The van der Waals surface area contributed by atoms with Crippen LogP contribution in [-0.2, 0) is 14.4 Å². The second-order valence-corrected chi connectivity index (χ2v) is 13.1. The van der Waals surface area contributed by atoms with Gasteiger partial charge in [-0.2, -0.15) is 0 Å². The molecule has 236 valence electrons. The molecule has 3 rings (SSSR count). The summed E-state index contributed by atoms with van der Waals surface area (Å²) < 4.78 is 13.9. The van der Waals surface area contributed by atoms with E-state index in [9.17, 15) is 18.8 Å². The van der Waals surface area contributed by atoms with Crippen LogP contribution in [0.1, 0.15) is 93.4 Å². The Kier molecular flexibility index (Phi) is 19.0. The van der Waals surface area contributed by atoms with Crippen molar-refractivity contribution >= 4 is 52.5 Å². The van der Waals surface area contributed by atoms with E-state index >= 15 is 0 Å². The van der Waals surface area contributed by atoms with Crippen molar-refractivity contribution < 1.29 is 18.8 Å². The maximum atomic E-state index is 13.9. The van der Waals surface area contributed by atoms with Gasteiger partial charge in [0.05, 0.1) is 0 Å². The SMILES string of the molecule is C.CC1(C)CCCN(C(=O)CCl)CC1.CC1CCCCN(C(=O)CCl)C1.CC1CCN(C(=O)CCl)CCC1(C)F. The van der Waals surface area contributed by atoms with Gasteiger partial charge in [-0.05, 0) is 69.1 Å². The highest BCUT2D eigenvalue weighted by atomic mass is 35.5. The van der Waals surface area contributed by atoms with E-state index in [0.29, 0.717) is 30.8 Å². The number of nitrogens with zero attached hydrogens (tertiary/aromatic N) is 3. The molecule has 40 heavy (non-hydrogen) atoms. The third-order valence-electron chi connectivity index (χ3n) is 8.38. The number of amides is 3. The van der Waals surface area contributed by atoms with E-state index in [-0.39, 0.29) is 48.7 Å². The van der Waals surface area contributed by atoms with E-state index in [1.807, 2.05) is 16.7 Å². The Labute approximate surface area is 258 Å². The molecule has 0 spiro atoms. The van der Waals surface area contributed by atoms with Crippen molar-refractivity contribution in [3.8, 4) is 0 Å². The van der Waals surface area contributed by atoms with E-state index in [1.165, 1.54) is 19.3 Å². The number of hydrogen-bond donors (Lipinski definition) is 0. The first kappa shape index (κ1) is 39.2. The van der Waals surface area contributed by atoms with Gasteiger partial charge in [0, 0.05) is 39.3 Å². The van der Waals surface area contributed by atoms with Crippen LogP contribution in [-0.4, -0.2) is 95.0 Å². The van der Waals surface area contributed by atoms with Crippen LogP contribution in [0.15, 0.2) is 0 Å². The first-order chi connectivity index (χ1) is 18.3. The highest BCUT2D eigenvalue weighted by Crippen LogP contribution is 2.31. The van der Waals surface area contributed by atoms with Crippen LogP contribution in [0.2, 0.25) is 0 Å². The number of halogens is 4. The van der Waals surface area contributed by atoms with Crippen LogP contribution in [0.3, 0.4) is 0 Å². The number of carbonyl (C=O) groups excluding carboxylic acids is 3. The van der Waals surface area contributed by atoms with Gasteiger partial charge in [-0.15, -0.1) is 34.8 Å². The lowest BCUT2D eigenvalue weighted by molar-refractivity contribution is -0.129. The molecule has 0 aromatic heterocycles. The summed E-state index contributed by atoms with van der Waals surface area (Å²) in [4.78, 5) is 39.3. The Morgan fingerprint density at radius 1 is 0.700 bits per heavy atom. The minimum Gasteiger partial charge on any atom is -0.342 e. The molecule has 3 saturated heterocycles. The summed E-state index contributed by atoms with van der Waals surface area (Å²) >= 11 is 16.5. The van der Waals surface area contributed by atoms with Crippen molar-refractivity contribution in [2.45, 2.75) is 99.1 Å². The van der Waals surface area contributed by atoms with Crippen molar-refractivity contribution in [1.29, 1.82) is 0 Å². The average Bonchev–Trinajstić information content (AvgIpc) is 3.29. The predicted molar refractivity (Wildman–Crippen MR) is 167 cm³/mol. The summed E-state index contributed by atoms with van der Waals surface area (Å²) in [5.74, 6) is 0.987. The molecule has 3 atom stereocenters. The van der Waals surface area contributed by atoms with Crippen LogP contribution in [0.4, 0.5) is 4.39 Å². The molecule has 0 bridgehead atoms. The minimum absolute atomic E-state index is 0. The minimum atomic E-state index is -1.15. The van der Waals surface area contributed by atoms with E-state index < -0.39 is 5.67 Å². The fourth-order valence-electron chi connectivity index (χ4n) is 5.12. The number of hydrogen-bond acceptors (Lipinski definition) is 3. The largest absolute Gasteiger partial charge is 0.342 e. The van der Waals surface area contributed by atoms with Gasteiger partial charge in [0.25, 0.3) is 0 Å². The van der Waals surface area contributed by atoms with Gasteiger partial charge in [-0.1, -0.05) is 41.5 Å². The smallest absolute Gasteiger partial charge is 0.237 e. The highest BCUT2D eigenvalue weighted by molar-refractivity contribution is 6.27. The van der Waals surface area contributed by atoms with Gasteiger partial charge in [0.15, 0.2) is 0 Å². The second-order valence-electron chi connectivity index (χ2n) is 12.3. The van der Waals surface area contributed by atoms with Crippen LogP contribution >= 0.6 is 34.8 Å². The highest BCUT2D eigenvalue weighted by Gasteiger charge is 2.34. The molecular weight excluding hydrogens is 576 g/mol. The van der Waals surface area contributed by atoms with E-state index in [1.54, 1.807) is 11.8 Å². The van der Waals surface area contributed by atoms with E-state index in [0.717, 1.165) is 51.9 Å². The maximum Gasteiger partial charge on any atom is 0.237 e. The summed E-state index contributed by atoms with van der Waals surface area (Å²) in [5.41, 5.74) is -0.761. The standard InChI is InChI=1S/C10H17ClFNO.C10H18ClNO.C9H16ClNO.CH4/c1-8-3-5-13(9(14)7-11)6-4-10(8,2)12;1-10(2)4-3-6-12(7-5-10)9(13)8-11;1-8-4-2-3-5-11(7-8)9(12)6-10;/h8H,3-7H2,1-2H3;3-8H2,1-2H3;8H,2-7H2,1H3;1H4. The molecule has 0 radical (unpaired) electrons. The summed E-state index contributed by atoms with van der Waals surface area (Å²) in [6.07, 6.45) is 8.16. The third kappa shape index (κ3) is 14.4. The lowest BCUT2D eigenvalue weighted by Gasteiger charge is -2.24. The topological polar surface area (TPSA) is 60.9 Å². The van der Waals surface area contributed by atoms with Crippen molar-refractivity contribution in [3.63, 3.8) is 0 Å². The average molecular weight is 631 g/mol. The summed E-state index contributed by atoms with van der Waals surface area (Å²) in [6.45, 7) is 14.9. The van der Waals surface area contributed by atoms with Gasteiger partial charge in [0.2, 0.25) is 17.7 Å². The Balaban J connectivity index is 0.000000565. The molecule has 3 aliphatic rings. The zero-order valence-electron chi connectivity index (χ0n) is 24.8. The monoisotopic (exact) mass is 629 g/mol. The molecule has 0 aliphatic carbocycles. The molecule has 10 heteroatoms. The van der Waals surface area contributed by atoms with Crippen molar-refractivity contribution in [2.75, 3.05) is 56.9 Å². The Bertz CT molecular complexity index is 770. The molecule has 0 aromatic rings. The number of alkyl halides is 4. The van der Waals surface area contributed by atoms with Gasteiger partial charge in [-0.25, -0.2) is 4.39 Å². The fraction of sp³-hybridized carbons (Fsp3) is 0.900. The van der Waals surface area contributed by atoms with E-state index in [2.05, 4.69) is 20.8 Å². The van der Waals surface area contributed by atoms with Gasteiger partial charge in [-0.3, -0.25) is 14.4 Å². The first-order valence-corrected chi connectivity index (χ1v) is 16.1. The Morgan fingerprint density at radius 2 is 1.20 bits per heavy atom. The van der Waals surface area contributed by atoms with E-state index in [4.69, 9.17) is 34.8 Å². The van der Waals surface area contributed by atoms with Gasteiger partial charge >= 0.3 is 0 Å². The molecule has 3 heterocycles. The van der Waals surface area contributed by atoms with Crippen LogP contribution in [0.5, 0.6) is 0 Å². The molecule has 3 amide bonds. The lowest BCUT2D eigenvalue weighted by Crippen LogP contribution is -2.34. The maximum absolute atomic E-state index is 13.9. The zero-order valence-corrected chi connectivity index (χ0v) is 27.0. The summed E-state index contributed by atoms with van der Waals surface area (Å²) in [6, 6.07) is 0. The molecule has 0 aromatic carbocycles. The van der Waals surface area contributed by atoms with Crippen LogP contribution in [0, 0.1) is 17.3 Å². The molecule has 0 N–H and O–H groups in total. The van der Waals surface area contributed by atoms with Gasteiger partial charge < -0.3 is 14.7 Å². The molecular formula is C30H55Cl3FN3O3. The quantitative estimate of drug-likeness (QED) is 0.316. The molecule has 3 fully saturated rings. The molecule has 6 nitrogen and oxygen atoms in total. The predicted octanol–water partition coefficient (Wildman–Crippen LogP) is 6.99. The Morgan fingerprint density at radius 3 is 1.77 bits per heavy atom. The summed E-state index contributed by atoms with van der Waals surface area (Å²) in [5, 5.41) is 0. The molecule has 3 unspecified atom stereocenters.